The van der Waals surface area contributed by atoms with E-state index >= 15 is 4.39 Å². The van der Waals surface area contributed by atoms with Crippen LogP contribution < -0.4 is 10.6 Å². The van der Waals surface area contributed by atoms with Crippen LogP contribution in [0.2, 0.25) is 0 Å². The molecule has 5 rings (SSSR count). The monoisotopic (exact) mass is 671 g/mol. The topological polar surface area (TPSA) is 78.5 Å². The van der Waals surface area contributed by atoms with Gasteiger partial charge < -0.3 is 10.6 Å². The Balaban J connectivity index is 1.40. The van der Waals surface area contributed by atoms with Gasteiger partial charge in [0.15, 0.2) is 0 Å². The average molecular weight is 672 g/mol. The van der Waals surface area contributed by atoms with E-state index < -0.39 is 68.9 Å². The third kappa shape index (κ3) is 7.72. The van der Waals surface area contributed by atoms with Gasteiger partial charge in [0.1, 0.15) is 29.1 Å². The molecule has 0 unspecified atom stereocenters. The van der Waals surface area contributed by atoms with E-state index in [4.69, 9.17) is 0 Å². The van der Waals surface area contributed by atoms with Crippen LogP contribution in [0.4, 0.5) is 27.6 Å². The molecule has 0 aromatic heterocycles. The molecule has 1 aliphatic rings. The number of carbonyl (C=O) groups is 1. The average Bonchev–Trinajstić information content (AvgIpc) is 3.01. The number of hydrogen-bond acceptors (Lipinski definition) is 4. The Morgan fingerprint density at radius 1 is 0.851 bits per heavy atom. The molecule has 0 spiro atoms. The van der Waals surface area contributed by atoms with E-state index in [9.17, 15) is 30.8 Å². The smallest absolute Gasteiger partial charge is 0.243 e. The van der Waals surface area contributed by atoms with Gasteiger partial charge in [0.2, 0.25) is 15.9 Å². The highest BCUT2D eigenvalue weighted by Gasteiger charge is 2.38. The number of carbonyl (C=O) groups excluding carboxylic acids is 1. The van der Waals surface area contributed by atoms with E-state index in [2.05, 4.69) is 10.6 Å². The fraction of sp³-hybridized carbons (Fsp3) is 0.286. The fourth-order valence-corrected chi connectivity index (χ4v) is 8.12. The predicted molar refractivity (Wildman–Crippen MR) is 169 cm³/mol. The first kappa shape index (κ1) is 34.2. The molecule has 0 aliphatic carbocycles. The Bertz CT molecular complexity index is 1840. The lowest BCUT2D eigenvalue weighted by molar-refractivity contribution is -0.119. The van der Waals surface area contributed by atoms with E-state index in [-0.39, 0.29) is 41.1 Å². The summed E-state index contributed by atoms with van der Waals surface area (Å²) in [4.78, 5) is 13.5. The third-order valence-electron chi connectivity index (χ3n) is 8.48. The van der Waals surface area contributed by atoms with Crippen molar-refractivity contribution in [1.82, 2.24) is 9.62 Å². The number of rotatable bonds is 10. The molecule has 4 aromatic carbocycles. The maximum atomic E-state index is 15.3. The van der Waals surface area contributed by atoms with Crippen molar-refractivity contribution in [2.45, 2.75) is 49.6 Å². The number of piperazine rings is 1. The highest BCUT2D eigenvalue weighted by Crippen LogP contribution is 2.35. The minimum atomic E-state index is -4.10. The quantitative estimate of drug-likeness (QED) is 0.183. The molecule has 248 valence electrons. The maximum absolute atomic E-state index is 15.3. The molecule has 6 nitrogen and oxygen atoms in total. The molecule has 1 saturated heterocycles. The molecule has 0 radical (unpaired) electrons. The number of hydrogen-bond donors (Lipinski definition) is 2. The number of benzene rings is 4. The van der Waals surface area contributed by atoms with Crippen LogP contribution in [0.3, 0.4) is 0 Å². The van der Waals surface area contributed by atoms with Crippen LogP contribution in [0.25, 0.3) is 0 Å². The van der Waals surface area contributed by atoms with E-state index in [0.717, 1.165) is 24.3 Å². The van der Waals surface area contributed by atoms with Crippen LogP contribution in [0.1, 0.15) is 42.9 Å². The van der Waals surface area contributed by atoms with Gasteiger partial charge in [-0.2, -0.15) is 4.31 Å². The zero-order valence-electron chi connectivity index (χ0n) is 25.7. The van der Waals surface area contributed by atoms with Crippen LogP contribution in [-0.4, -0.2) is 43.8 Å². The molecule has 1 fully saturated rings. The minimum absolute atomic E-state index is 0.0431. The van der Waals surface area contributed by atoms with Crippen LogP contribution in [0.15, 0.2) is 89.8 Å². The van der Waals surface area contributed by atoms with Crippen molar-refractivity contribution < 1.29 is 35.2 Å². The Kier molecular flexibility index (Phi) is 10.4. The summed E-state index contributed by atoms with van der Waals surface area (Å²) in [6.45, 7) is 3.92. The molecular formula is C35H34F5N3O3S. The van der Waals surface area contributed by atoms with E-state index in [1.54, 1.807) is 13.8 Å². The van der Waals surface area contributed by atoms with Crippen LogP contribution in [0, 0.1) is 35.0 Å². The first-order valence-corrected chi connectivity index (χ1v) is 16.6. The minimum Gasteiger partial charge on any atom is -0.325 e. The molecule has 2 N–H and O–H groups in total. The number of nitrogens with one attached hydrogen (secondary N) is 2. The van der Waals surface area contributed by atoms with Gasteiger partial charge in [0.05, 0.1) is 4.90 Å². The number of halogens is 5. The zero-order valence-corrected chi connectivity index (χ0v) is 26.5. The second-order valence-electron chi connectivity index (χ2n) is 11.8. The molecule has 0 saturated carbocycles. The van der Waals surface area contributed by atoms with Crippen molar-refractivity contribution >= 4 is 21.6 Å². The summed E-state index contributed by atoms with van der Waals surface area (Å²) in [6, 6.07) is 16.0. The summed E-state index contributed by atoms with van der Waals surface area (Å²) in [7, 11) is -4.10. The van der Waals surface area contributed by atoms with Gasteiger partial charge in [-0.05, 0) is 85.5 Å². The van der Waals surface area contributed by atoms with Crippen LogP contribution in [-0.2, 0) is 21.2 Å². The standard InChI is InChI=1S/C35H34F5N3O3S/c1-21-19-41-20-29(43(21)47(45,46)30-6-3-5-26(37)18-30)13-14-31-32(40)7-4-8-33(31)42-35(44)22(2)34(23-9-11-25(36)12-10-23)24-15-27(38)17-28(39)16-24/h3-12,15-18,21-22,29,34,41H,13-14,19-20H2,1-2H3,(H,42,44)/t21-,22-,29-,34-/m0/s1. The van der Waals surface area contributed by atoms with Gasteiger partial charge in [-0.3, -0.25) is 4.79 Å². The number of amides is 1. The first-order valence-electron chi connectivity index (χ1n) is 15.1. The summed E-state index contributed by atoms with van der Waals surface area (Å²) < 4.78 is 100. The molecule has 4 atom stereocenters. The summed E-state index contributed by atoms with van der Waals surface area (Å²) in [5, 5.41) is 5.95. The second kappa shape index (κ2) is 14.3. The zero-order chi connectivity index (χ0) is 33.9. The van der Waals surface area contributed by atoms with E-state index in [0.29, 0.717) is 18.2 Å². The summed E-state index contributed by atoms with van der Waals surface area (Å²) in [6.07, 6.45) is 0.216. The van der Waals surface area contributed by atoms with Gasteiger partial charge in [0, 0.05) is 54.3 Å². The molecule has 1 heterocycles. The molecule has 1 amide bonds. The van der Waals surface area contributed by atoms with Crippen molar-refractivity contribution in [3.05, 3.63) is 131 Å². The van der Waals surface area contributed by atoms with E-state index in [1.807, 2.05) is 0 Å². The normalized spacial score (nSPS) is 18.4. The lowest BCUT2D eigenvalue weighted by Gasteiger charge is -2.40. The number of nitrogens with zero attached hydrogens (tertiary/aromatic N) is 1. The highest BCUT2D eigenvalue weighted by molar-refractivity contribution is 7.89. The Morgan fingerprint density at radius 2 is 1.53 bits per heavy atom. The largest absolute Gasteiger partial charge is 0.325 e. The molecule has 12 heteroatoms. The first-order chi connectivity index (χ1) is 22.3. The van der Waals surface area contributed by atoms with Crippen molar-refractivity contribution in [2.24, 2.45) is 5.92 Å². The Hall–Kier alpha value is -4.13. The highest BCUT2D eigenvalue weighted by atomic mass is 32.2. The van der Waals surface area contributed by atoms with Gasteiger partial charge in [-0.1, -0.05) is 31.2 Å². The summed E-state index contributed by atoms with van der Waals surface area (Å²) >= 11 is 0. The van der Waals surface area contributed by atoms with Crippen molar-refractivity contribution in [2.75, 3.05) is 18.4 Å². The lowest BCUT2D eigenvalue weighted by atomic mass is 9.81. The molecule has 4 aromatic rings. The maximum Gasteiger partial charge on any atom is 0.243 e. The van der Waals surface area contributed by atoms with Crippen LogP contribution in [0.5, 0.6) is 0 Å². The number of sulfonamides is 1. The van der Waals surface area contributed by atoms with Gasteiger partial charge in [0.25, 0.3) is 0 Å². The van der Waals surface area contributed by atoms with Crippen molar-refractivity contribution in [3.63, 3.8) is 0 Å². The summed E-state index contributed by atoms with van der Waals surface area (Å²) in [5.74, 6) is -5.92. The predicted octanol–water partition coefficient (Wildman–Crippen LogP) is 6.77. The van der Waals surface area contributed by atoms with Gasteiger partial charge >= 0.3 is 0 Å². The lowest BCUT2D eigenvalue weighted by Crippen LogP contribution is -2.58. The van der Waals surface area contributed by atoms with Crippen LogP contribution >= 0.6 is 0 Å². The summed E-state index contributed by atoms with van der Waals surface area (Å²) in [5.41, 5.74) is 0.901. The SMILES string of the molecule is C[C@H](C(=O)Nc1cccc(F)c1CC[C@H]1CNC[C@H](C)N1S(=O)(=O)c1cccc(F)c1)[C@@H](c1ccc(F)cc1)c1cc(F)cc(F)c1. The van der Waals surface area contributed by atoms with Crippen molar-refractivity contribution in [3.8, 4) is 0 Å². The van der Waals surface area contributed by atoms with Crippen molar-refractivity contribution in [1.29, 1.82) is 0 Å². The molecular weight excluding hydrogens is 637 g/mol. The van der Waals surface area contributed by atoms with Gasteiger partial charge in [-0.15, -0.1) is 0 Å². The Labute approximate surface area is 270 Å². The third-order valence-corrected chi connectivity index (χ3v) is 10.5. The molecule has 1 aliphatic heterocycles. The second-order valence-corrected chi connectivity index (χ2v) is 13.6. The van der Waals surface area contributed by atoms with E-state index in [1.165, 1.54) is 58.9 Å². The fourth-order valence-electron chi connectivity index (χ4n) is 6.24. The van der Waals surface area contributed by atoms with Gasteiger partial charge in [-0.25, -0.2) is 30.4 Å². The Morgan fingerprint density at radius 3 is 2.21 bits per heavy atom. The molecule has 0 bridgehead atoms. The number of anilines is 1. The molecule has 47 heavy (non-hydrogen) atoms.